The highest BCUT2D eigenvalue weighted by Gasteiger charge is 2.20. The standard InChI is InChI=1S/C9H8BrNO4S/c1-2-16-7-4-5(9(12)13)3-6(8(7)10)11(14)15/h3-4H,2H2,1H3,(H,12,13). The molecule has 7 heteroatoms. The largest absolute Gasteiger partial charge is 0.478 e. The first-order valence-electron chi connectivity index (χ1n) is 4.31. The zero-order valence-corrected chi connectivity index (χ0v) is 10.7. The van der Waals surface area contributed by atoms with Crippen LogP contribution in [0.3, 0.4) is 0 Å². The van der Waals surface area contributed by atoms with Crippen LogP contribution in [0.15, 0.2) is 21.5 Å². The second kappa shape index (κ2) is 5.31. The van der Waals surface area contributed by atoms with Crippen LogP contribution < -0.4 is 0 Å². The first-order valence-corrected chi connectivity index (χ1v) is 6.09. The SMILES string of the molecule is CCSc1cc(C(=O)O)cc([N+](=O)[O-])c1Br. The van der Waals surface area contributed by atoms with E-state index in [1.165, 1.54) is 17.8 Å². The number of nitro groups is 1. The van der Waals surface area contributed by atoms with Crippen molar-refractivity contribution in [2.75, 3.05) is 5.75 Å². The van der Waals surface area contributed by atoms with Crippen LogP contribution in [0.4, 0.5) is 5.69 Å². The van der Waals surface area contributed by atoms with Gasteiger partial charge in [-0.05, 0) is 27.7 Å². The second-order valence-corrected chi connectivity index (χ2v) is 4.90. The number of hydrogen-bond donors (Lipinski definition) is 1. The summed E-state index contributed by atoms with van der Waals surface area (Å²) in [5.41, 5.74) is -0.304. The number of carbonyl (C=O) groups is 1. The Morgan fingerprint density at radius 3 is 2.69 bits per heavy atom. The van der Waals surface area contributed by atoms with Crippen molar-refractivity contribution in [3.63, 3.8) is 0 Å². The Bertz CT molecular complexity index is 449. The van der Waals surface area contributed by atoms with Crippen molar-refractivity contribution in [3.8, 4) is 0 Å². The molecule has 86 valence electrons. The first-order chi connectivity index (χ1) is 7.47. The Labute approximate surface area is 104 Å². The molecule has 0 aliphatic heterocycles. The zero-order chi connectivity index (χ0) is 12.3. The third-order valence-electron chi connectivity index (χ3n) is 1.76. The van der Waals surface area contributed by atoms with Gasteiger partial charge in [0, 0.05) is 11.0 Å². The highest BCUT2D eigenvalue weighted by atomic mass is 79.9. The van der Waals surface area contributed by atoms with Crippen LogP contribution in [-0.4, -0.2) is 21.8 Å². The molecule has 0 radical (unpaired) electrons. The molecule has 0 heterocycles. The summed E-state index contributed by atoms with van der Waals surface area (Å²) in [5.74, 6) is -0.465. The summed E-state index contributed by atoms with van der Waals surface area (Å²) in [6.45, 7) is 1.89. The molecule has 0 spiro atoms. The van der Waals surface area contributed by atoms with E-state index in [2.05, 4.69) is 15.9 Å². The quantitative estimate of drug-likeness (QED) is 0.525. The predicted molar refractivity (Wildman–Crippen MR) is 64.2 cm³/mol. The van der Waals surface area contributed by atoms with Gasteiger partial charge in [-0.3, -0.25) is 10.1 Å². The van der Waals surface area contributed by atoms with Crippen molar-refractivity contribution in [1.82, 2.24) is 0 Å². The van der Waals surface area contributed by atoms with Crippen molar-refractivity contribution < 1.29 is 14.8 Å². The fraction of sp³-hybridized carbons (Fsp3) is 0.222. The molecule has 5 nitrogen and oxygen atoms in total. The van der Waals surface area contributed by atoms with Crippen molar-refractivity contribution in [1.29, 1.82) is 0 Å². The number of halogens is 1. The number of nitrogens with zero attached hydrogens (tertiary/aromatic N) is 1. The lowest BCUT2D eigenvalue weighted by molar-refractivity contribution is -0.385. The number of nitro benzene ring substituents is 1. The number of hydrogen-bond acceptors (Lipinski definition) is 4. The van der Waals surface area contributed by atoms with Crippen LogP contribution in [0.1, 0.15) is 17.3 Å². The maximum absolute atomic E-state index is 10.8. The average Bonchev–Trinajstić information content (AvgIpc) is 2.20. The molecule has 0 unspecified atom stereocenters. The van der Waals surface area contributed by atoms with Crippen LogP contribution in [0.25, 0.3) is 0 Å². The van der Waals surface area contributed by atoms with Gasteiger partial charge in [0.2, 0.25) is 0 Å². The summed E-state index contributed by atoms with van der Waals surface area (Å²) in [4.78, 5) is 21.5. The molecule has 0 amide bonds. The maximum Gasteiger partial charge on any atom is 0.335 e. The lowest BCUT2D eigenvalue weighted by Gasteiger charge is -2.05. The minimum Gasteiger partial charge on any atom is -0.478 e. The van der Waals surface area contributed by atoms with Crippen LogP contribution in [0, 0.1) is 10.1 Å². The topological polar surface area (TPSA) is 80.4 Å². The lowest BCUT2D eigenvalue weighted by Crippen LogP contribution is -2.00. The molecule has 1 N–H and O–H groups in total. The molecule has 0 saturated heterocycles. The number of carboxylic acids is 1. The predicted octanol–water partition coefficient (Wildman–Crippen LogP) is 3.17. The molecular weight excluding hydrogens is 298 g/mol. The molecule has 0 saturated carbocycles. The Hall–Kier alpha value is -1.08. The lowest BCUT2D eigenvalue weighted by atomic mass is 10.2. The summed E-state index contributed by atoms with van der Waals surface area (Å²) < 4.78 is 0.328. The fourth-order valence-electron chi connectivity index (χ4n) is 1.10. The van der Waals surface area contributed by atoms with Gasteiger partial charge in [0.25, 0.3) is 5.69 Å². The summed E-state index contributed by atoms with van der Waals surface area (Å²) in [5, 5.41) is 19.6. The second-order valence-electron chi connectivity index (χ2n) is 2.80. The van der Waals surface area contributed by atoms with Gasteiger partial charge in [-0.15, -0.1) is 11.8 Å². The summed E-state index contributed by atoms with van der Waals surface area (Å²) in [6.07, 6.45) is 0. The van der Waals surface area contributed by atoms with Crippen molar-refractivity contribution in [3.05, 3.63) is 32.3 Å². The Morgan fingerprint density at radius 1 is 1.62 bits per heavy atom. The molecule has 0 aliphatic rings. The molecular formula is C9H8BrNO4S. The van der Waals surface area contributed by atoms with Crippen LogP contribution in [-0.2, 0) is 0 Å². The summed E-state index contributed by atoms with van der Waals surface area (Å²) >= 11 is 4.46. The van der Waals surface area contributed by atoms with E-state index < -0.39 is 10.9 Å². The highest BCUT2D eigenvalue weighted by Crippen LogP contribution is 2.36. The minimum atomic E-state index is -1.17. The number of carboxylic acid groups (broad SMARTS) is 1. The normalized spacial score (nSPS) is 10.1. The Balaban J connectivity index is 3.38. The van der Waals surface area contributed by atoms with Crippen molar-refractivity contribution >= 4 is 39.3 Å². The van der Waals surface area contributed by atoms with E-state index in [0.29, 0.717) is 15.1 Å². The van der Waals surface area contributed by atoms with Crippen molar-refractivity contribution in [2.24, 2.45) is 0 Å². The molecule has 0 bridgehead atoms. The van der Waals surface area contributed by atoms with E-state index in [4.69, 9.17) is 5.11 Å². The number of benzene rings is 1. The van der Waals surface area contributed by atoms with Gasteiger partial charge in [0.05, 0.1) is 10.5 Å². The van der Waals surface area contributed by atoms with Gasteiger partial charge < -0.3 is 5.11 Å². The zero-order valence-electron chi connectivity index (χ0n) is 8.27. The molecule has 16 heavy (non-hydrogen) atoms. The highest BCUT2D eigenvalue weighted by molar-refractivity contribution is 9.10. The summed E-state index contributed by atoms with van der Waals surface area (Å²) in [7, 11) is 0. The number of aromatic carboxylic acids is 1. The van der Waals surface area contributed by atoms with Gasteiger partial charge in [0.15, 0.2) is 0 Å². The van der Waals surface area contributed by atoms with Gasteiger partial charge in [-0.25, -0.2) is 4.79 Å². The monoisotopic (exact) mass is 305 g/mol. The molecule has 0 fully saturated rings. The fourth-order valence-corrected chi connectivity index (χ4v) is 2.57. The van der Waals surface area contributed by atoms with E-state index in [9.17, 15) is 14.9 Å². The van der Waals surface area contributed by atoms with E-state index in [1.807, 2.05) is 6.92 Å². The summed E-state index contributed by atoms with van der Waals surface area (Å²) in [6, 6.07) is 2.47. The minimum absolute atomic E-state index is 0.0779. The Morgan fingerprint density at radius 2 is 2.25 bits per heavy atom. The smallest absolute Gasteiger partial charge is 0.335 e. The van der Waals surface area contributed by atoms with Gasteiger partial charge >= 0.3 is 5.97 Å². The van der Waals surface area contributed by atoms with Gasteiger partial charge in [-0.1, -0.05) is 6.92 Å². The maximum atomic E-state index is 10.8. The van der Waals surface area contributed by atoms with E-state index in [-0.39, 0.29) is 11.3 Å². The number of thioether (sulfide) groups is 1. The third kappa shape index (κ3) is 2.73. The molecule has 0 aliphatic carbocycles. The van der Waals surface area contributed by atoms with E-state index in [0.717, 1.165) is 6.07 Å². The first kappa shape index (κ1) is 13.0. The van der Waals surface area contributed by atoms with Crippen LogP contribution in [0.5, 0.6) is 0 Å². The molecule has 0 aromatic heterocycles. The molecule has 1 rings (SSSR count). The molecule has 1 aromatic rings. The van der Waals surface area contributed by atoms with Gasteiger partial charge in [0.1, 0.15) is 4.47 Å². The average molecular weight is 306 g/mol. The van der Waals surface area contributed by atoms with Gasteiger partial charge in [-0.2, -0.15) is 0 Å². The van der Waals surface area contributed by atoms with E-state index in [1.54, 1.807) is 0 Å². The van der Waals surface area contributed by atoms with Crippen LogP contribution >= 0.6 is 27.7 Å². The van der Waals surface area contributed by atoms with Crippen molar-refractivity contribution in [2.45, 2.75) is 11.8 Å². The Kier molecular flexibility index (Phi) is 4.31. The molecule has 1 aromatic carbocycles. The third-order valence-corrected chi connectivity index (χ3v) is 3.78. The number of rotatable bonds is 4. The van der Waals surface area contributed by atoms with E-state index >= 15 is 0 Å². The molecule has 0 atom stereocenters. The van der Waals surface area contributed by atoms with Crippen LogP contribution in [0.2, 0.25) is 0 Å².